The number of fused-ring (bicyclic) bond motifs is 3. The number of rotatable bonds is 6. The standard InChI is InChI=1S/C25H34N4O4S/c1-5-29(24(31)33-25(2,3)4)16-7-9-18(10-8-16)32-22-21-20-15(12-17(30)13-26)6-11-19(20)34-23(21)28-14-27-22/h14-18,30H,5-12H2,1-4H3/t15-,16-,17?,18-/m1/s1. The van der Waals surface area contributed by atoms with E-state index in [-0.39, 0.29) is 24.2 Å². The number of amides is 1. The highest BCUT2D eigenvalue weighted by molar-refractivity contribution is 7.19. The van der Waals surface area contributed by atoms with Crippen LogP contribution < -0.4 is 4.74 Å². The summed E-state index contributed by atoms with van der Waals surface area (Å²) < 4.78 is 12.0. The number of nitrogens with zero attached hydrogens (tertiary/aromatic N) is 4. The number of carbonyl (C=O) groups excluding carboxylic acids is 1. The molecule has 8 nitrogen and oxygen atoms in total. The largest absolute Gasteiger partial charge is 0.474 e. The molecule has 1 fully saturated rings. The van der Waals surface area contributed by atoms with Gasteiger partial charge in [0.1, 0.15) is 29.0 Å². The zero-order chi connectivity index (χ0) is 24.5. The lowest BCUT2D eigenvalue weighted by Crippen LogP contribution is -2.45. The first-order valence-electron chi connectivity index (χ1n) is 12.2. The highest BCUT2D eigenvalue weighted by atomic mass is 32.1. The van der Waals surface area contributed by atoms with Crippen molar-refractivity contribution >= 4 is 27.6 Å². The van der Waals surface area contributed by atoms with Crippen LogP contribution in [0.15, 0.2) is 6.33 Å². The molecule has 184 valence electrons. The molecule has 2 aromatic rings. The third-order valence-electron chi connectivity index (χ3n) is 6.68. The summed E-state index contributed by atoms with van der Waals surface area (Å²) in [5, 5.41) is 19.9. The molecule has 1 saturated carbocycles. The minimum atomic E-state index is -0.971. The highest BCUT2D eigenvalue weighted by Gasteiger charge is 2.34. The second-order valence-corrected chi connectivity index (χ2v) is 11.3. The number of hydrogen-bond donors (Lipinski definition) is 1. The molecule has 34 heavy (non-hydrogen) atoms. The van der Waals surface area contributed by atoms with E-state index < -0.39 is 11.7 Å². The van der Waals surface area contributed by atoms with Gasteiger partial charge in [0.15, 0.2) is 0 Å². The quantitative estimate of drug-likeness (QED) is 0.576. The number of aryl methyl sites for hydroxylation is 1. The lowest BCUT2D eigenvalue weighted by molar-refractivity contribution is 0.00812. The minimum absolute atomic E-state index is 0.0202. The van der Waals surface area contributed by atoms with E-state index in [1.54, 1.807) is 17.7 Å². The number of hydrogen-bond acceptors (Lipinski definition) is 8. The first kappa shape index (κ1) is 24.7. The van der Waals surface area contributed by atoms with E-state index in [1.807, 2.05) is 38.7 Å². The van der Waals surface area contributed by atoms with Crippen molar-refractivity contribution in [2.45, 2.75) is 102 Å². The van der Waals surface area contributed by atoms with Crippen LogP contribution in [0.1, 0.15) is 82.6 Å². The van der Waals surface area contributed by atoms with Crippen LogP contribution in [-0.4, -0.2) is 56.5 Å². The van der Waals surface area contributed by atoms with Crippen molar-refractivity contribution in [2.24, 2.45) is 0 Å². The van der Waals surface area contributed by atoms with Crippen molar-refractivity contribution in [2.75, 3.05) is 6.54 Å². The van der Waals surface area contributed by atoms with Crippen molar-refractivity contribution in [3.05, 3.63) is 16.8 Å². The zero-order valence-corrected chi connectivity index (χ0v) is 21.2. The number of nitriles is 1. The van der Waals surface area contributed by atoms with Crippen LogP contribution in [-0.2, 0) is 11.2 Å². The third-order valence-corrected chi connectivity index (χ3v) is 7.86. The minimum Gasteiger partial charge on any atom is -0.474 e. The van der Waals surface area contributed by atoms with Crippen molar-refractivity contribution in [3.63, 3.8) is 0 Å². The normalized spacial score (nSPS) is 23.2. The van der Waals surface area contributed by atoms with Gasteiger partial charge < -0.3 is 19.5 Å². The zero-order valence-electron chi connectivity index (χ0n) is 20.4. The predicted octanol–water partition coefficient (Wildman–Crippen LogP) is 4.94. The molecular weight excluding hydrogens is 452 g/mol. The Hall–Kier alpha value is -2.44. The van der Waals surface area contributed by atoms with Gasteiger partial charge in [0, 0.05) is 17.5 Å². The van der Waals surface area contributed by atoms with Gasteiger partial charge in [-0.1, -0.05) is 0 Å². The first-order chi connectivity index (χ1) is 16.2. The van der Waals surface area contributed by atoms with Crippen LogP contribution in [0.3, 0.4) is 0 Å². The van der Waals surface area contributed by atoms with Crippen LogP contribution in [0.2, 0.25) is 0 Å². The topological polar surface area (TPSA) is 109 Å². The van der Waals surface area contributed by atoms with E-state index in [9.17, 15) is 9.90 Å². The molecule has 2 atom stereocenters. The molecule has 2 aliphatic rings. The van der Waals surface area contributed by atoms with Gasteiger partial charge in [-0.15, -0.1) is 11.3 Å². The molecule has 4 rings (SSSR count). The number of thiophene rings is 1. The lowest BCUT2D eigenvalue weighted by atomic mass is 9.92. The fourth-order valence-electron chi connectivity index (χ4n) is 5.18. The average Bonchev–Trinajstić information content (AvgIpc) is 3.34. The number of carbonyl (C=O) groups is 1. The summed E-state index contributed by atoms with van der Waals surface area (Å²) in [5.74, 6) is 0.721. The molecule has 0 aromatic carbocycles. The van der Waals surface area contributed by atoms with Gasteiger partial charge >= 0.3 is 6.09 Å². The molecule has 0 aliphatic heterocycles. The van der Waals surface area contributed by atoms with Crippen molar-refractivity contribution < 1.29 is 19.4 Å². The average molecular weight is 487 g/mol. The maximum atomic E-state index is 12.6. The Morgan fingerprint density at radius 2 is 2.03 bits per heavy atom. The molecule has 2 heterocycles. The smallest absolute Gasteiger partial charge is 0.410 e. The molecule has 1 amide bonds. The number of aliphatic hydroxyl groups excluding tert-OH is 1. The van der Waals surface area contributed by atoms with Crippen LogP contribution >= 0.6 is 11.3 Å². The summed E-state index contributed by atoms with van der Waals surface area (Å²) in [5.41, 5.74) is 0.645. The van der Waals surface area contributed by atoms with Crippen LogP contribution in [0.25, 0.3) is 10.2 Å². The Labute approximate surface area is 204 Å². The van der Waals surface area contributed by atoms with Gasteiger partial charge in [-0.2, -0.15) is 5.26 Å². The molecule has 2 aliphatic carbocycles. The molecular formula is C25H34N4O4S. The van der Waals surface area contributed by atoms with E-state index in [1.165, 1.54) is 4.88 Å². The molecule has 0 spiro atoms. The SMILES string of the molecule is CCN(C(=O)OC(C)(C)C)[C@H]1CC[C@H](Oc2ncnc3sc4c(c23)[C@@H](CC(O)C#N)CC4)CC1. The maximum Gasteiger partial charge on any atom is 0.410 e. The predicted molar refractivity (Wildman–Crippen MR) is 130 cm³/mol. The molecule has 1 N–H and O–H groups in total. The van der Waals surface area contributed by atoms with Crippen molar-refractivity contribution in [3.8, 4) is 11.9 Å². The van der Waals surface area contributed by atoms with Crippen molar-refractivity contribution in [1.82, 2.24) is 14.9 Å². The van der Waals surface area contributed by atoms with E-state index in [4.69, 9.17) is 14.7 Å². The van der Waals surface area contributed by atoms with Crippen LogP contribution in [0.4, 0.5) is 4.79 Å². The number of aromatic nitrogens is 2. The van der Waals surface area contributed by atoms with Gasteiger partial charge in [-0.25, -0.2) is 14.8 Å². The Balaban J connectivity index is 1.46. The van der Waals surface area contributed by atoms with Gasteiger partial charge in [0.2, 0.25) is 5.88 Å². The van der Waals surface area contributed by atoms with E-state index >= 15 is 0 Å². The third kappa shape index (κ3) is 5.28. The van der Waals surface area contributed by atoms with Crippen LogP contribution in [0.5, 0.6) is 5.88 Å². The molecule has 1 unspecified atom stereocenters. The number of aliphatic hydroxyl groups is 1. The van der Waals surface area contributed by atoms with Gasteiger partial charge in [-0.3, -0.25) is 0 Å². The summed E-state index contributed by atoms with van der Waals surface area (Å²) in [7, 11) is 0. The number of ether oxygens (including phenoxy) is 2. The molecule has 2 aromatic heterocycles. The van der Waals surface area contributed by atoms with Gasteiger partial charge in [-0.05, 0) is 84.1 Å². The summed E-state index contributed by atoms with van der Waals surface area (Å²) in [4.78, 5) is 25.6. The monoisotopic (exact) mass is 486 g/mol. The summed E-state index contributed by atoms with van der Waals surface area (Å²) in [6.07, 6.45) is 5.99. The molecule has 0 radical (unpaired) electrons. The Bertz CT molecular complexity index is 1070. The molecule has 9 heteroatoms. The summed E-state index contributed by atoms with van der Waals surface area (Å²) in [6.45, 7) is 8.27. The van der Waals surface area contributed by atoms with Crippen LogP contribution in [0, 0.1) is 11.3 Å². The second-order valence-electron chi connectivity index (χ2n) is 10.2. The van der Waals surface area contributed by atoms with Gasteiger partial charge in [0.25, 0.3) is 0 Å². The Kier molecular flexibility index (Phi) is 7.29. The fraction of sp³-hybridized carbons (Fsp3) is 0.680. The summed E-state index contributed by atoms with van der Waals surface area (Å²) in [6, 6.07) is 2.09. The highest BCUT2D eigenvalue weighted by Crippen LogP contribution is 2.47. The Morgan fingerprint density at radius 3 is 2.68 bits per heavy atom. The molecule has 0 bridgehead atoms. The van der Waals surface area contributed by atoms with E-state index in [0.29, 0.717) is 18.8 Å². The summed E-state index contributed by atoms with van der Waals surface area (Å²) >= 11 is 1.66. The Morgan fingerprint density at radius 1 is 1.29 bits per heavy atom. The van der Waals surface area contributed by atoms with Gasteiger partial charge in [0.05, 0.1) is 11.5 Å². The van der Waals surface area contributed by atoms with Crippen molar-refractivity contribution in [1.29, 1.82) is 5.26 Å². The lowest BCUT2D eigenvalue weighted by Gasteiger charge is -2.37. The first-order valence-corrected chi connectivity index (χ1v) is 13.0. The second kappa shape index (κ2) is 10.0. The molecule has 0 saturated heterocycles. The maximum absolute atomic E-state index is 12.6. The fourth-order valence-corrected chi connectivity index (χ4v) is 6.41. The van der Waals surface area contributed by atoms with E-state index in [0.717, 1.165) is 54.3 Å². The van der Waals surface area contributed by atoms with E-state index in [2.05, 4.69) is 9.97 Å².